The van der Waals surface area contributed by atoms with Crippen molar-refractivity contribution in [3.05, 3.63) is 58.9 Å². The average molecular weight is 289 g/mol. The highest BCUT2D eigenvalue weighted by Crippen LogP contribution is 2.33. The van der Waals surface area contributed by atoms with Crippen LogP contribution in [0.1, 0.15) is 22.7 Å². The minimum absolute atomic E-state index is 0.227. The van der Waals surface area contributed by atoms with Gasteiger partial charge in [0.2, 0.25) is 0 Å². The van der Waals surface area contributed by atoms with Crippen LogP contribution in [0.3, 0.4) is 0 Å². The molecule has 2 rings (SSSR count). The molecule has 1 N–H and O–H groups in total. The van der Waals surface area contributed by atoms with E-state index in [0.717, 1.165) is 11.1 Å². The molecule has 0 fully saturated rings. The van der Waals surface area contributed by atoms with Crippen LogP contribution in [0.4, 0.5) is 4.39 Å². The molecule has 112 valence electrons. The van der Waals surface area contributed by atoms with Crippen LogP contribution in [-0.2, 0) is 0 Å². The maximum absolute atomic E-state index is 14.1. The third-order valence-corrected chi connectivity index (χ3v) is 3.49. The highest BCUT2D eigenvalue weighted by atomic mass is 19.1. The summed E-state index contributed by atoms with van der Waals surface area (Å²) in [5.74, 6) is 1.05. The van der Waals surface area contributed by atoms with E-state index in [0.29, 0.717) is 17.1 Å². The molecular formula is C17H20FNO2. The Hall–Kier alpha value is -2.07. The number of halogens is 1. The van der Waals surface area contributed by atoms with Crippen molar-refractivity contribution in [3.8, 4) is 11.5 Å². The topological polar surface area (TPSA) is 30.5 Å². The number of aryl methyl sites for hydroxylation is 1. The first-order valence-corrected chi connectivity index (χ1v) is 6.76. The normalized spacial score (nSPS) is 12.0. The van der Waals surface area contributed by atoms with Crippen molar-refractivity contribution in [1.82, 2.24) is 5.32 Å². The third kappa shape index (κ3) is 3.16. The first-order chi connectivity index (χ1) is 10.1. The Bertz CT molecular complexity index is 628. The first kappa shape index (κ1) is 15.3. The number of methoxy groups -OCH3 is 2. The summed E-state index contributed by atoms with van der Waals surface area (Å²) in [6.45, 7) is 1.95. The summed E-state index contributed by atoms with van der Waals surface area (Å²) >= 11 is 0. The lowest BCUT2D eigenvalue weighted by molar-refractivity contribution is 0.354. The van der Waals surface area contributed by atoms with Crippen molar-refractivity contribution in [3.63, 3.8) is 0 Å². The summed E-state index contributed by atoms with van der Waals surface area (Å²) in [7, 11) is 4.99. The Morgan fingerprint density at radius 1 is 1.00 bits per heavy atom. The summed E-state index contributed by atoms with van der Waals surface area (Å²) in [6, 6.07) is 10.5. The lowest BCUT2D eigenvalue weighted by atomic mass is 9.96. The van der Waals surface area contributed by atoms with Gasteiger partial charge in [-0.1, -0.05) is 23.8 Å². The van der Waals surface area contributed by atoms with Gasteiger partial charge in [0.15, 0.2) is 11.5 Å². The van der Waals surface area contributed by atoms with Gasteiger partial charge in [-0.3, -0.25) is 0 Å². The van der Waals surface area contributed by atoms with E-state index in [1.165, 1.54) is 6.07 Å². The predicted octanol–water partition coefficient (Wildman–Crippen LogP) is 3.46. The van der Waals surface area contributed by atoms with E-state index in [1.54, 1.807) is 20.3 Å². The highest BCUT2D eigenvalue weighted by Gasteiger charge is 2.18. The molecule has 2 aromatic carbocycles. The smallest absolute Gasteiger partial charge is 0.161 e. The standard InChI is InChI=1S/C17H20FNO2/c1-11-5-7-14(18)13(9-11)17(19-2)12-6-8-15(20-3)16(10-12)21-4/h5-10,17,19H,1-4H3. The van der Waals surface area contributed by atoms with Gasteiger partial charge in [-0.15, -0.1) is 0 Å². The maximum Gasteiger partial charge on any atom is 0.161 e. The van der Waals surface area contributed by atoms with Crippen LogP contribution in [0.15, 0.2) is 36.4 Å². The van der Waals surface area contributed by atoms with Crippen molar-refractivity contribution >= 4 is 0 Å². The molecule has 0 bridgehead atoms. The van der Waals surface area contributed by atoms with Gasteiger partial charge >= 0.3 is 0 Å². The zero-order valence-electron chi connectivity index (χ0n) is 12.7. The van der Waals surface area contributed by atoms with Gasteiger partial charge in [-0.05, 0) is 37.7 Å². The molecule has 0 heterocycles. The van der Waals surface area contributed by atoms with Crippen LogP contribution in [0.5, 0.6) is 11.5 Å². The summed E-state index contributed by atoms with van der Waals surface area (Å²) in [5.41, 5.74) is 2.55. The van der Waals surface area contributed by atoms with Crippen molar-refractivity contribution in [2.75, 3.05) is 21.3 Å². The number of benzene rings is 2. The summed E-state index contributed by atoms with van der Waals surface area (Å²) in [4.78, 5) is 0. The molecule has 4 heteroatoms. The van der Waals surface area contributed by atoms with Crippen molar-refractivity contribution in [2.24, 2.45) is 0 Å². The highest BCUT2D eigenvalue weighted by molar-refractivity contribution is 5.46. The molecule has 3 nitrogen and oxygen atoms in total. The van der Waals surface area contributed by atoms with E-state index in [-0.39, 0.29) is 11.9 Å². The van der Waals surface area contributed by atoms with E-state index in [2.05, 4.69) is 5.32 Å². The van der Waals surface area contributed by atoms with Crippen LogP contribution in [0.2, 0.25) is 0 Å². The number of hydrogen-bond donors (Lipinski definition) is 1. The molecule has 0 amide bonds. The number of rotatable bonds is 5. The second-order valence-electron chi connectivity index (χ2n) is 4.86. The van der Waals surface area contributed by atoms with Crippen LogP contribution in [0.25, 0.3) is 0 Å². The molecule has 0 aliphatic carbocycles. The van der Waals surface area contributed by atoms with Gasteiger partial charge in [-0.2, -0.15) is 0 Å². The fourth-order valence-electron chi connectivity index (χ4n) is 2.42. The molecule has 0 aromatic heterocycles. The second-order valence-corrected chi connectivity index (χ2v) is 4.86. The fraction of sp³-hybridized carbons (Fsp3) is 0.294. The Morgan fingerprint density at radius 2 is 1.71 bits per heavy atom. The summed E-state index contributed by atoms with van der Waals surface area (Å²) in [6.07, 6.45) is 0. The SMILES string of the molecule is CNC(c1ccc(OC)c(OC)c1)c1cc(C)ccc1F. The Labute approximate surface area is 124 Å². The van der Waals surface area contributed by atoms with Crippen LogP contribution in [0, 0.1) is 12.7 Å². The van der Waals surface area contributed by atoms with Gasteiger partial charge < -0.3 is 14.8 Å². The third-order valence-electron chi connectivity index (χ3n) is 3.49. The summed E-state index contributed by atoms with van der Waals surface area (Å²) < 4.78 is 24.7. The van der Waals surface area contributed by atoms with Crippen LogP contribution >= 0.6 is 0 Å². The van der Waals surface area contributed by atoms with Gasteiger partial charge in [0, 0.05) is 5.56 Å². The molecule has 0 aliphatic rings. The quantitative estimate of drug-likeness (QED) is 0.914. The van der Waals surface area contributed by atoms with Gasteiger partial charge in [0.05, 0.1) is 20.3 Å². The zero-order chi connectivity index (χ0) is 15.4. The van der Waals surface area contributed by atoms with Gasteiger partial charge in [0.1, 0.15) is 5.82 Å². The minimum atomic E-state index is -0.246. The lowest BCUT2D eigenvalue weighted by Crippen LogP contribution is -2.19. The fourth-order valence-corrected chi connectivity index (χ4v) is 2.42. The molecule has 1 unspecified atom stereocenters. The van der Waals surface area contributed by atoms with Gasteiger partial charge in [-0.25, -0.2) is 4.39 Å². The van der Waals surface area contributed by atoms with E-state index in [4.69, 9.17) is 9.47 Å². The second kappa shape index (κ2) is 6.59. The average Bonchev–Trinajstić information content (AvgIpc) is 2.51. The number of hydrogen-bond acceptors (Lipinski definition) is 3. The molecule has 0 saturated carbocycles. The van der Waals surface area contributed by atoms with E-state index in [1.807, 2.05) is 38.2 Å². The number of ether oxygens (including phenoxy) is 2. The largest absolute Gasteiger partial charge is 0.493 e. The lowest BCUT2D eigenvalue weighted by Gasteiger charge is -2.20. The number of nitrogens with one attached hydrogen (secondary N) is 1. The monoisotopic (exact) mass is 289 g/mol. The predicted molar refractivity (Wildman–Crippen MR) is 81.6 cm³/mol. The van der Waals surface area contributed by atoms with E-state index >= 15 is 0 Å². The van der Waals surface area contributed by atoms with Crippen LogP contribution < -0.4 is 14.8 Å². The molecule has 2 aromatic rings. The molecule has 0 spiro atoms. The molecule has 1 atom stereocenters. The molecule has 0 saturated heterocycles. The Kier molecular flexibility index (Phi) is 4.81. The van der Waals surface area contributed by atoms with Crippen molar-refractivity contribution < 1.29 is 13.9 Å². The van der Waals surface area contributed by atoms with E-state index in [9.17, 15) is 4.39 Å². The Balaban J connectivity index is 2.48. The summed E-state index contributed by atoms with van der Waals surface area (Å²) in [5, 5.41) is 3.16. The molecule has 0 radical (unpaired) electrons. The molecular weight excluding hydrogens is 269 g/mol. The van der Waals surface area contributed by atoms with Crippen molar-refractivity contribution in [2.45, 2.75) is 13.0 Å². The Morgan fingerprint density at radius 3 is 2.33 bits per heavy atom. The maximum atomic E-state index is 14.1. The van der Waals surface area contributed by atoms with Crippen LogP contribution in [-0.4, -0.2) is 21.3 Å². The molecule has 21 heavy (non-hydrogen) atoms. The minimum Gasteiger partial charge on any atom is -0.493 e. The molecule has 0 aliphatic heterocycles. The first-order valence-electron chi connectivity index (χ1n) is 6.76. The zero-order valence-corrected chi connectivity index (χ0v) is 12.7. The van der Waals surface area contributed by atoms with Crippen molar-refractivity contribution in [1.29, 1.82) is 0 Å². The van der Waals surface area contributed by atoms with Gasteiger partial charge in [0.25, 0.3) is 0 Å². The van der Waals surface area contributed by atoms with E-state index < -0.39 is 0 Å².